The molecule has 0 aromatic heterocycles. The highest BCUT2D eigenvalue weighted by Crippen LogP contribution is 2.39. The Kier molecular flexibility index (Phi) is 4.00. The first-order valence-corrected chi connectivity index (χ1v) is 7.07. The van der Waals surface area contributed by atoms with Gasteiger partial charge in [0.2, 0.25) is 0 Å². The molecule has 0 unspecified atom stereocenters. The number of carbonyl (C=O) groups excluding carboxylic acids is 1. The van der Waals surface area contributed by atoms with Crippen molar-refractivity contribution in [3.8, 4) is 0 Å². The monoisotopic (exact) mass is 269 g/mol. The summed E-state index contributed by atoms with van der Waals surface area (Å²) in [5.74, 6) is 0. The van der Waals surface area contributed by atoms with Gasteiger partial charge in [0.05, 0.1) is 10.6 Å². The number of rotatable bonds is 3. The van der Waals surface area contributed by atoms with Gasteiger partial charge in [-0.2, -0.15) is 0 Å². The van der Waals surface area contributed by atoms with Crippen molar-refractivity contribution in [2.24, 2.45) is 0 Å². The van der Waals surface area contributed by atoms with E-state index in [0.717, 1.165) is 12.1 Å². The van der Waals surface area contributed by atoms with E-state index in [9.17, 15) is 4.79 Å². The van der Waals surface area contributed by atoms with Gasteiger partial charge in [-0.15, -0.1) is 11.6 Å². The average Bonchev–Trinajstić information content (AvgIpc) is 2.71. The van der Waals surface area contributed by atoms with Crippen LogP contribution in [0.4, 0.5) is 4.79 Å². The molecule has 0 bridgehead atoms. The third kappa shape index (κ3) is 2.78. The van der Waals surface area contributed by atoms with Gasteiger partial charge < -0.3 is 4.90 Å². The van der Waals surface area contributed by atoms with Crippen LogP contribution < -0.4 is 0 Å². The highest BCUT2D eigenvalue weighted by atomic mass is 35.5. The largest absolute Gasteiger partial charge is 0.330 e. The van der Waals surface area contributed by atoms with E-state index in [1.165, 1.54) is 11.8 Å². The smallest absolute Gasteiger partial charge is 0.282 e. The molecule has 1 heterocycles. The van der Waals surface area contributed by atoms with Crippen molar-refractivity contribution < 1.29 is 4.79 Å². The maximum Gasteiger partial charge on any atom is 0.282 e. The first-order chi connectivity index (χ1) is 8.09. The quantitative estimate of drug-likeness (QED) is 0.776. The molecular formula is C13H16ClNOS. The van der Waals surface area contributed by atoms with E-state index in [-0.39, 0.29) is 21.9 Å². The number of hydrogen-bond donors (Lipinski definition) is 0. The Morgan fingerprint density at radius 3 is 2.53 bits per heavy atom. The lowest BCUT2D eigenvalue weighted by atomic mass is 10.1. The molecule has 92 valence electrons. The Bertz CT molecular complexity index is 396. The van der Waals surface area contributed by atoms with E-state index in [1.807, 2.05) is 49.1 Å². The van der Waals surface area contributed by atoms with Gasteiger partial charge in [-0.25, -0.2) is 0 Å². The van der Waals surface area contributed by atoms with Crippen molar-refractivity contribution in [1.29, 1.82) is 0 Å². The van der Waals surface area contributed by atoms with Gasteiger partial charge in [0.25, 0.3) is 5.24 Å². The van der Waals surface area contributed by atoms with Gasteiger partial charge in [-0.05, 0) is 19.4 Å². The lowest BCUT2D eigenvalue weighted by Gasteiger charge is -2.21. The number of nitrogens with zero attached hydrogens (tertiary/aromatic N) is 1. The van der Waals surface area contributed by atoms with Crippen LogP contribution in [0.2, 0.25) is 0 Å². The number of thioether (sulfide) groups is 1. The highest BCUT2D eigenvalue weighted by molar-refractivity contribution is 8.14. The second-order valence-electron chi connectivity index (χ2n) is 4.48. The first-order valence-electron chi connectivity index (χ1n) is 5.76. The molecule has 1 amide bonds. The standard InChI is InChI=1S/C13H16ClNOS/c1-9(2)15-8-11(17-13(15)16)12(14)10-6-4-3-5-7-10/h3-7,9,11-12H,8H2,1-2H3/t11-,12+/m1/s1. The molecule has 0 N–H and O–H groups in total. The molecule has 1 fully saturated rings. The van der Waals surface area contributed by atoms with Crippen LogP contribution in [-0.4, -0.2) is 28.0 Å². The Hall–Kier alpha value is -0.670. The summed E-state index contributed by atoms with van der Waals surface area (Å²) in [5, 5.41) is 0.189. The Labute approximate surface area is 111 Å². The molecule has 17 heavy (non-hydrogen) atoms. The van der Waals surface area contributed by atoms with E-state index >= 15 is 0 Å². The fourth-order valence-corrected chi connectivity index (χ4v) is 3.50. The van der Waals surface area contributed by atoms with Crippen LogP contribution in [0, 0.1) is 0 Å². The van der Waals surface area contributed by atoms with Gasteiger partial charge in [0.15, 0.2) is 0 Å². The minimum Gasteiger partial charge on any atom is -0.330 e. The molecule has 2 rings (SSSR count). The molecule has 1 saturated heterocycles. The summed E-state index contributed by atoms with van der Waals surface area (Å²) in [5.41, 5.74) is 1.09. The average molecular weight is 270 g/mol. The highest BCUT2D eigenvalue weighted by Gasteiger charge is 2.36. The summed E-state index contributed by atoms with van der Waals surface area (Å²) >= 11 is 7.81. The zero-order valence-electron chi connectivity index (χ0n) is 9.97. The molecule has 1 aliphatic heterocycles. The van der Waals surface area contributed by atoms with Crippen LogP contribution in [0.5, 0.6) is 0 Å². The molecule has 4 heteroatoms. The fourth-order valence-electron chi connectivity index (χ4n) is 1.93. The Balaban J connectivity index is 2.08. The summed E-state index contributed by atoms with van der Waals surface area (Å²) in [6.45, 7) is 4.81. The van der Waals surface area contributed by atoms with Crippen molar-refractivity contribution >= 4 is 28.6 Å². The first kappa shape index (κ1) is 12.8. The minimum absolute atomic E-state index is 0.103. The summed E-state index contributed by atoms with van der Waals surface area (Å²) in [4.78, 5) is 13.7. The van der Waals surface area contributed by atoms with E-state index < -0.39 is 0 Å². The van der Waals surface area contributed by atoms with Crippen molar-refractivity contribution in [2.45, 2.75) is 30.5 Å². The predicted molar refractivity (Wildman–Crippen MR) is 73.7 cm³/mol. The van der Waals surface area contributed by atoms with E-state index in [4.69, 9.17) is 11.6 Å². The minimum atomic E-state index is -0.103. The molecule has 1 aliphatic rings. The lowest BCUT2D eigenvalue weighted by Crippen LogP contribution is -2.32. The zero-order chi connectivity index (χ0) is 12.4. The molecule has 2 nitrogen and oxygen atoms in total. The summed E-state index contributed by atoms with van der Waals surface area (Å²) in [6, 6.07) is 10.2. The number of amides is 1. The van der Waals surface area contributed by atoms with Crippen LogP contribution in [0.1, 0.15) is 24.8 Å². The van der Waals surface area contributed by atoms with Crippen LogP contribution in [0.15, 0.2) is 30.3 Å². The van der Waals surface area contributed by atoms with Crippen LogP contribution in [0.25, 0.3) is 0 Å². The van der Waals surface area contributed by atoms with Crippen LogP contribution >= 0.6 is 23.4 Å². The topological polar surface area (TPSA) is 20.3 Å². The Morgan fingerprint density at radius 1 is 1.35 bits per heavy atom. The molecule has 0 aliphatic carbocycles. The third-order valence-corrected chi connectivity index (χ3v) is 4.80. The SMILES string of the molecule is CC(C)N1C[C@H]([C@@H](Cl)c2ccccc2)SC1=O. The number of carbonyl (C=O) groups is 1. The van der Waals surface area contributed by atoms with Gasteiger partial charge in [0, 0.05) is 12.6 Å². The van der Waals surface area contributed by atoms with Crippen molar-refractivity contribution in [3.63, 3.8) is 0 Å². The number of hydrogen-bond acceptors (Lipinski definition) is 2. The van der Waals surface area contributed by atoms with Gasteiger partial charge >= 0.3 is 0 Å². The van der Waals surface area contributed by atoms with E-state index in [1.54, 1.807) is 0 Å². The van der Waals surface area contributed by atoms with E-state index in [2.05, 4.69) is 0 Å². The maximum atomic E-state index is 11.8. The maximum absolute atomic E-state index is 11.8. The molecule has 0 spiro atoms. The third-order valence-electron chi connectivity index (χ3n) is 2.93. The van der Waals surface area contributed by atoms with Crippen LogP contribution in [-0.2, 0) is 0 Å². The van der Waals surface area contributed by atoms with Crippen LogP contribution in [0.3, 0.4) is 0 Å². The van der Waals surface area contributed by atoms with Crippen molar-refractivity contribution in [1.82, 2.24) is 4.90 Å². The van der Waals surface area contributed by atoms with Crippen molar-refractivity contribution in [2.75, 3.05) is 6.54 Å². The molecule has 0 saturated carbocycles. The van der Waals surface area contributed by atoms with Gasteiger partial charge in [0.1, 0.15) is 0 Å². The molecule has 0 radical (unpaired) electrons. The normalized spacial score (nSPS) is 22.2. The Morgan fingerprint density at radius 2 is 2.00 bits per heavy atom. The van der Waals surface area contributed by atoms with E-state index in [0.29, 0.717) is 0 Å². The second kappa shape index (κ2) is 5.32. The number of alkyl halides is 1. The summed E-state index contributed by atoms with van der Waals surface area (Å²) < 4.78 is 0. The molecular weight excluding hydrogens is 254 g/mol. The zero-order valence-corrected chi connectivity index (χ0v) is 11.5. The van der Waals surface area contributed by atoms with Gasteiger partial charge in [-0.1, -0.05) is 42.1 Å². The molecule has 1 aromatic rings. The summed E-state index contributed by atoms with van der Waals surface area (Å²) in [6.07, 6.45) is 0. The van der Waals surface area contributed by atoms with Gasteiger partial charge in [-0.3, -0.25) is 4.79 Å². The molecule has 1 aromatic carbocycles. The predicted octanol–water partition coefficient (Wildman–Crippen LogP) is 3.91. The second-order valence-corrected chi connectivity index (χ2v) is 6.14. The van der Waals surface area contributed by atoms with Crippen molar-refractivity contribution in [3.05, 3.63) is 35.9 Å². The number of benzene rings is 1. The molecule has 2 atom stereocenters. The fraction of sp³-hybridized carbons (Fsp3) is 0.462. The number of halogens is 1. The lowest BCUT2D eigenvalue weighted by molar-refractivity contribution is 0.214. The summed E-state index contributed by atoms with van der Waals surface area (Å²) in [7, 11) is 0.